The van der Waals surface area contributed by atoms with Crippen LogP contribution in [0, 0.1) is 18.8 Å². The van der Waals surface area contributed by atoms with Crippen LogP contribution in [0.3, 0.4) is 0 Å². The number of hydrogen-bond donors (Lipinski definition) is 2. The summed E-state index contributed by atoms with van der Waals surface area (Å²) >= 11 is 1.57. The highest BCUT2D eigenvalue weighted by atomic mass is 32.1. The van der Waals surface area contributed by atoms with E-state index in [0.29, 0.717) is 13.0 Å². The average Bonchev–Trinajstić information content (AvgIpc) is 3.14. The Bertz CT molecular complexity index is 870. The van der Waals surface area contributed by atoms with Gasteiger partial charge in [0.1, 0.15) is 4.88 Å². The van der Waals surface area contributed by atoms with E-state index in [-0.39, 0.29) is 0 Å². The Morgan fingerprint density at radius 1 is 1.11 bits per heavy atom. The zero-order chi connectivity index (χ0) is 20.6. The van der Waals surface area contributed by atoms with Gasteiger partial charge in [-0.15, -0.1) is 0 Å². The van der Waals surface area contributed by atoms with Crippen LogP contribution in [0.2, 0.25) is 0 Å². The summed E-state index contributed by atoms with van der Waals surface area (Å²) in [5.74, 6) is 6.21. The van der Waals surface area contributed by atoms with E-state index in [1.54, 1.807) is 29.9 Å². The summed E-state index contributed by atoms with van der Waals surface area (Å²) in [6.07, 6.45) is 5.83. The summed E-state index contributed by atoms with van der Waals surface area (Å²) in [6.45, 7) is 6.47. The second-order valence-electron chi connectivity index (χ2n) is 4.99. The number of thiazole rings is 1. The molecular weight excluding hydrogens is 370 g/mol. The van der Waals surface area contributed by atoms with E-state index in [2.05, 4.69) is 37.4 Å². The number of rotatable bonds is 4. The smallest absolute Gasteiger partial charge is 0.207 e. The maximum absolute atomic E-state index is 9.84. The van der Waals surface area contributed by atoms with Crippen LogP contribution in [0.15, 0.2) is 48.9 Å². The number of hydrogen-bond acceptors (Lipinski definition) is 6. The number of nitrogens with zero attached hydrogens (tertiary/aromatic N) is 3. The topological polar surface area (TPSA) is 79.8 Å². The molecule has 3 aromatic rings. The molecule has 28 heavy (non-hydrogen) atoms. The Balaban J connectivity index is 0.000000281. The van der Waals surface area contributed by atoms with Gasteiger partial charge in [0, 0.05) is 31.2 Å². The molecule has 3 heterocycles. The van der Waals surface area contributed by atoms with Crippen LogP contribution < -0.4 is 10.6 Å². The van der Waals surface area contributed by atoms with E-state index >= 15 is 0 Å². The van der Waals surface area contributed by atoms with Crippen molar-refractivity contribution < 1.29 is 4.79 Å². The second kappa shape index (κ2) is 13.9. The highest BCUT2D eigenvalue weighted by Gasteiger charge is 2.02. The van der Waals surface area contributed by atoms with Crippen molar-refractivity contribution in [1.82, 2.24) is 20.3 Å². The van der Waals surface area contributed by atoms with Crippen LogP contribution in [0.25, 0.3) is 0 Å². The van der Waals surface area contributed by atoms with Crippen molar-refractivity contribution in [3.8, 4) is 11.8 Å². The summed E-state index contributed by atoms with van der Waals surface area (Å²) in [4.78, 5) is 23.1. The molecule has 0 aliphatic carbocycles. The van der Waals surface area contributed by atoms with Gasteiger partial charge in [0.2, 0.25) is 6.41 Å². The van der Waals surface area contributed by atoms with Crippen LogP contribution in [0.5, 0.6) is 0 Å². The van der Waals surface area contributed by atoms with E-state index in [0.717, 1.165) is 27.0 Å². The molecule has 3 aromatic heterocycles. The highest BCUT2D eigenvalue weighted by Crippen LogP contribution is 2.20. The van der Waals surface area contributed by atoms with Crippen LogP contribution in [-0.4, -0.2) is 28.4 Å². The monoisotopic (exact) mass is 395 g/mol. The van der Waals surface area contributed by atoms with E-state index in [9.17, 15) is 4.79 Å². The largest absolute Gasteiger partial charge is 0.365 e. The van der Waals surface area contributed by atoms with Gasteiger partial charge >= 0.3 is 0 Å². The van der Waals surface area contributed by atoms with Crippen molar-refractivity contribution in [3.63, 3.8) is 0 Å². The van der Waals surface area contributed by atoms with Crippen LogP contribution in [0.4, 0.5) is 5.13 Å². The molecule has 0 aromatic carbocycles. The number of pyridine rings is 2. The minimum Gasteiger partial charge on any atom is -0.365 e. The van der Waals surface area contributed by atoms with Crippen LogP contribution >= 0.6 is 11.3 Å². The Labute approximate surface area is 170 Å². The molecular formula is C21H25N5OS. The number of amides is 1. The molecule has 0 radical (unpaired) electrons. The van der Waals surface area contributed by atoms with E-state index in [1.165, 1.54) is 0 Å². The van der Waals surface area contributed by atoms with Crippen LogP contribution in [0.1, 0.15) is 35.7 Å². The zero-order valence-corrected chi connectivity index (χ0v) is 17.4. The Hall–Kier alpha value is -3.24. The number of aromatic nitrogens is 3. The van der Waals surface area contributed by atoms with Gasteiger partial charge in [0.15, 0.2) is 5.13 Å². The Morgan fingerprint density at radius 3 is 2.43 bits per heavy atom. The molecule has 146 valence electrons. The SMILES string of the molecule is CC.CNc1nc(C)c(C#Cc2ccncc2)s1.O=CNCc1ccccn1. The van der Waals surface area contributed by atoms with Gasteiger partial charge in [-0.05, 0) is 37.1 Å². The predicted molar refractivity (Wildman–Crippen MR) is 115 cm³/mol. The van der Waals surface area contributed by atoms with Crippen molar-refractivity contribution >= 4 is 22.9 Å². The molecule has 0 aliphatic heterocycles. The number of nitrogens with one attached hydrogen (secondary N) is 2. The Morgan fingerprint density at radius 2 is 1.86 bits per heavy atom. The first-order valence-electron chi connectivity index (χ1n) is 8.87. The third-order valence-electron chi connectivity index (χ3n) is 3.10. The quantitative estimate of drug-likeness (QED) is 0.521. The number of anilines is 1. The van der Waals surface area contributed by atoms with Gasteiger partial charge in [-0.3, -0.25) is 14.8 Å². The normalized spacial score (nSPS) is 8.71. The molecule has 0 atom stereocenters. The van der Waals surface area contributed by atoms with Crippen molar-refractivity contribution in [2.75, 3.05) is 12.4 Å². The fraction of sp³-hybridized carbons (Fsp3) is 0.238. The summed E-state index contributed by atoms with van der Waals surface area (Å²) in [7, 11) is 1.86. The third kappa shape index (κ3) is 8.43. The first-order valence-corrected chi connectivity index (χ1v) is 9.68. The molecule has 0 aliphatic rings. The molecule has 6 nitrogen and oxygen atoms in total. The second-order valence-corrected chi connectivity index (χ2v) is 5.99. The lowest BCUT2D eigenvalue weighted by Gasteiger charge is -1.95. The average molecular weight is 396 g/mol. The van der Waals surface area contributed by atoms with Gasteiger partial charge in [0.05, 0.1) is 17.9 Å². The lowest BCUT2D eigenvalue weighted by molar-refractivity contribution is -0.109. The summed E-state index contributed by atoms with van der Waals surface area (Å²) in [6, 6.07) is 9.36. The number of aryl methyl sites for hydroxylation is 1. The minimum atomic E-state index is 0.504. The predicted octanol–water partition coefficient (Wildman–Crippen LogP) is 3.64. The van der Waals surface area contributed by atoms with Crippen LogP contribution in [-0.2, 0) is 11.3 Å². The molecule has 3 rings (SSSR count). The molecule has 0 spiro atoms. The lowest BCUT2D eigenvalue weighted by Crippen LogP contribution is -2.10. The fourth-order valence-corrected chi connectivity index (χ4v) is 2.61. The molecule has 7 heteroatoms. The maximum Gasteiger partial charge on any atom is 0.207 e. The summed E-state index contributed by atoms with van der Waals surface area (Å²) in [5.41, 5.74) is 2.80. The van der Waals surface area contributed by atoms with Crippen molar-refractivity contribution in [3.05, 3.63) is 70.8 Å². The van der Waals surface area contributed by atoms with E-state index < -0.39 is 0 Å². The first kappa shape index (κ1) is 22.8. The third-order valence-corrected chi connectivity index (χ3v) is 4.19. The molecule has 1 amide bonds. The van der Waals surface area contributed by atoms with Gasteiger partial charge < -0.3 is 10.6 Å². The molecule has 0 saturated heterocycles. The van der Waals surface area contributed by atoms with Gasteiger partial charge in [0.25, 0.3) is 0 Å². The fourth-order valence-electron chi connectivity index (χ4n) is 1.83. The van der Waals surface area contributed by atoms with E-state index in [4.69, 9.17) is 0 Å². The van der Waals surface area contributed by atoms with Crippen molar-refractivity contribution in [2.24, 2.45) is 0 Å². The summed E-state index contributed by atoms with van der Waals surface area (Å²) < 4.78 is 0. The molecule has 2 N–H and O–H groups in total. The zero-order valence-electron chi connectivity index (χ0n) is 16.6. The minimum absolute atomic E-state index is 0.504. The van der Waals surface area contributed by atoms with Crippen molar-refractivity contribution in [1.29, 1.82) is 0 Å². The van der Waals surface area contributed by atoms with Gasteiger partial charge in [-0.1, -0.05) is 37.2 Å². The molecule has 0 unspecified atom stereocenters. The first-order chi connectivity index (χ1) is 13.7. The van der Waals surface area contributed by atoms with Gasteiger partial charge in [-0.2, -0.15) is 0 Å². The van der Waals surface area contributed by atoms with Gasteiger partial charge in [-0.25, -0.2) is 4.98 Å². The van der Waals surface area contributed by atoms with E-state index in [1.807, 2.05) is 58.2 Å². The number of carbonyl (C=O) groups excluding carboxylic acids is 1. The van der Waals surface area contributed by atoms with Crippen molar-refractivity contribution in [2.45, 2.75) is 27.3 Å². The number of carbonyl (C=O) groups is 1. The maximum atomic E-state index is 9.84. The standard InChI is InChI=1S/C12H11N3S.C7H8N2O.C2H6/c1-9-11(16-12(13-2)15-9)4-3-10-5-7-14-8-6-10;10-6-8-5-7-3-1-2-4-9-7;1-2/h5-8H,1-2H3,(H,13,15);1-4,6H,5H2,(H,8,10);1-2H3. The Kier molecular flexibility index (Phi) is 11.3. The molecule has 0 fully saturated rings. The lowest BCUT2D eigenvalue weighted by atomic mass is 10.2. The highest BCUT2D eigenvalue weighted by molar-refractivity contribution is 7.16. The molecule has 0 bridgehead atoms. The summed E-state index contributed by atoms with van der Waals surface area (Å²) in [5, 5.41) is 6.44. The molecule has 0 saturated carbocycles.